The highest BCUT2D eigenvalue weighted by Crippen LogP contribution is 2.49. The Kier molecular flexibility index (Phi) is 4.26. The molecule has 0 radical (unpaired) electrons. The average Bonchev–Trinajstić information content (AvgIpc) is 1.99. The van der Waals surface area contributed by atoms with E-state index in [2.05, 4.69) is 22.9 Å². The molecule has 0 amide bonds. The van der Waals surface area contributed by atoms with Gasteiger partial charge in [-0.2, -0.15) is 0 Å². The largest absolute Gasteiger partial charge is 0.121 e. The molecule has 14 heavy (non-hydrogen) atoms. The predicted molar refractivity (Wildman–Crippen MR) is 68.9 cm³/mol. The van der Waals surface area contributed by atoms with Gasteiger partial charge in [0.25, 0.3) is 0 Å². The summed E-state index contributed by atoms with van der Waals surface area (Å²) in [4.78, 5) is -0.337. The minimum absolute atomic E-state index is 0.00680. The second kappa shape index (κ2) is 4.53. The number of halogens is 4. The second-order valence-electron chi connectivity index (χ2n) is 4.36. The van der Waals surface area contributed by atoms with E-state index in [0.29, 0.717) is 5.92 Å². The molecule has 0 heterocycles. The van der Waals surface area contributed by atoms with Gasteiger partial charge in [-0.05, 0) is 32.6 Å². The molecular weight excluding hydrogens is 306 g/mol. The zero-order chi connectivity index (χ0) is 11.0. The highest BCUT2D eigenvalue weighted by Gasteiger charge is 2.47. The highest BCUT2D eigenvalue weighted by atomic mass is 79.9. The standard InChI is InChI=1S/C10H14BrCl3/c1-9(11)6-10(2,14)8(13)5-7(9)3-4-12/h3-4,7-8H,5-6H2,1-2H3/b4-3+/t7?,8?,9-,10-/m1/s1. The van der Waals surface area contributed by atoms with Gasteiger partial charge in [0.2, 0.25) is 0 Å². The number of rotatable bonds is 1. The van der Waals surface area contributed by atoms with Crippen LogP contribution in [-0.2, 0) is 0 Å². The second-order valence-corrected chi connectivity index (χ2v) is 7.81. The molecular formula is C10H14BrCl3. The van der Waals surface area contributed by atoms with Crippen molar-refractivity contribution < 1.29 is 0 Å². The minimum atomic E-state index is -0.337. The lowest BCUT2D eigenvalue weighted by molar-refractivity contribution is 0.303. The van der Waals surface area contributed by atoms with E-state index < -0.39 is 0 Å². The van der Waals surface area contributed by atoms with E-state index in [1.54, 1.807) is 5.54 Å². The lowest BCUT2D eigenvalue weighted by Gasteiger charge is -2.45. The topological polar surface area (TPSA) is 0 Å². The van der Waals surface area contributed by atoms with Gasteiger partial charge in [-0.1, -0.05) is 33.6 Å². The van der Waals surface area contributed by atoms with Crippen LogP contribution in [-0.4, -0.2) is 14.6 Å². The molecule has 0 bridgehead atoms. The molecule has 82 valence electrons. The fraction of sp³-hybridized carbons (Fsp3) is 0.800. The van der Waals surface area contributed by atoms with E-state index in [1.807, 2.05) is 13.0 Å². The summed E-state index contributed by atoms with van der Waals surface area (Å²) in [5.74, 6) is 0.342. The van der Waals surface area contributed by atoms with Crippen LogP contribution in [0.25, 0.3) is 0 Å². The first-order chi connectivity index (χ1) is 6.29. The Morgan fingerprint density at radius 2 is 2.00 bits per heavy atom. The number of hydrogen-bond donors (Lipinski definition) is 0. The summed E-state index contributed by atoms with van der Waals surface area (Å²) < 4.78 is -0.0136. The van der Waals surface area contributed by atoms with Crippen LogP contribution in [0.2, 0.25) is 0 Å². The first-order valence-electron chi connectivity index (χ1n) is 4.58. The van der Waals surface area contributed by atoms with Crippen LogP contribution < -0.4 is 0 Å². The summed E-state index contributed by atoms with van der Waals surface area (Å²) in [6.07, 6.45) is 3.67. The Labute approximate surface area is 109 Å². The van der Waals surface area contributed by atoms with Crippen LogP contribution in [0.5, 0.6) is 0 Å². The zero-order valence-corrected chi connectivity index (χ0v) is 12.1. The van der Waals surface area contributed by atoms with E-state index in [1.165, 1.54) is 0 Å². The van der Waals surface area contributed by atoms with Crippen molar-refractivity contribution in [2.75, 3.05) is 0 Å². The molecule has 0 nitrogen and oxygen atoms in total. The molecule has 4 heteroatoms. The Balaban J connectivity index is 2.85. The molecule has 0 aromatic heterocycles. The molecule has 0 N–H and O–H groups in total. The van der Waals surface area contributed by atoms with Gasteiger partial charge in [-0.3, -0.25) is 0 Å². The van der Waals surface area contributed by atoms with Crippen molar-refractivity contribution in [3.8, 4) is 0 Å². The van der Waals surface area contributed by atoms with Gasteiger partial charge in [-0.25, -0.2) is 0 Å². The molecule has 0 aromatic rings. The van der Waals surface area contributed by atoms with Crippen LogP contribution in [0.4, 0.5) is 0 Å². The van der Waals surface area contributed by atoms with E-state index in [4.69, 9.17) is 34.8 Å². The highest BCUT2D eigenvalue weighted by molar-refractivity contribution is 9.10. The van der Waals surface area contributed by atoms with Gasteiger partial charge in [-0.15, -0.1) is 23.2 Å². The van der Waals surface area contributed by atoms with Crippen molar-refractivity contribution in [2.45, 2.75) is 41.3 Å². The number of allylic oxidation sites excluding steroid dienone is 1. The third kappa shape index (κ3) is 2.81. The Morgan fingerprint density at radius 1 is 1.43 bits per heavy atom. The SMILES string of the molecule is C[C@@]1(Cl)C[C@@](C)(Br)C(/C=C/Cl)CC1Cl. The van der Waals surface area contributed by atoms with Gasteiger partial charge < -0.3 is 0 Å². The molecule has 1 rings (SSSR count). The molecule has 1 saturated carbocycles. The maximum absolute atomic E-state index is 6.35. The van der Waals surface area contributed by atoms with Crippen molar-refractivity contribution in [3.63, 3.8) is 0 Å². The molecule has 0 aliphatic heterocycles. The molecule has 0 aromatic carbocycles. The van der Waals surface area contributed by atoms with Crippen molar-refractivity contribution in [3.05, 3.63) is 11.6 Å². The lowest BCUT2D eigenvalue weighted by atomic mass is 9.74. The Hall–Kier alpha value is 1.09. The van der Waals surface area contributed by atoms with Crippen LogP contribution in [0.1, 0.15) is 26.7 Å². The van der Waals surface area contributed by atoms with Gasteiger partial charge in [0.15, 0.2) is 0 Å². The quantitative estimate of drug-likeness (QED) is 0.602. The summed E-state index contributed by atoms with van der Waals surface area (Å²) in [5, 5.41) is -0.00680. The van der Waals surface area contributed by atoms with Gasteiger partial charge in [0.05, 0.1) is 10.3 Å². The number of hydrogen-bond acceptors (Lipinski definition) is 0. The summed E-state index contributed by atoms with van der Waals surface area (Å²) in [7, 11) is 0. The van der Waals surface area contributed by atoms with Crippen LogP contribution >= 0.6 is 50.7 Å². The van der Waals surface area contributed by atoms with Gasteiger partial charge >= 0.3 is 0 Å². The molecule has 1 aliphatic rings. The van der Waals surface area contributed by atoms with Crippen molar-refractivity contribution >= 4 is 50.7 Å². The molecule has 4 atom stereocenters. The van der Waals surface area contributed by atoms with Gasteiger partial charge in [0, 0.05) is 9.86 Å². The fourth-order valence-electron chi connectivity index (χ4n) is 2.00. The molecule has 0 spiro atoms. The molecule has 2 unspecified atom stereocenters. The smallest absolute Gasteiger partial charge is 0.0595 e. The van der Waals surface area contributed by atoms with Crippen molar-refractivity contribution in [1.29, 1.82) is 0 Å². The summed E-state index contributed by atoms with van der Waals surface area (Å²) in [5.41, 5.74) is 1.56. The molecule has 1 aliphatic carbocycles. The normalized spacial score (nSPS) is 49.9. The van der Waals surface area contributed by atoms with E-state index >= 15 is 0 Å². The summed E-state index contributed by atoms with van der Waals surface area (Å²) in [6.45, 7) is 4.13. The van der Waals surface area contributed by atoms with Crippen molar-refractivity contribution in [1.82, 2.24) is 0 Å². The Bertz CT molecular complexity index is 236. The maximum atomic E-state index is 6.35. The van der Waals surface area contributed by atoms with E-state index in [9.17, 15) is 0 Å². The number of alkyl halides is 3. The third-order valence-corrected chi connectivity index (χ3v) is 5.07. The van der Waals surface area contributed by atoms with E-state index in [0.717, 1.165) is 12.8 Å². The van der Waals surface area contributed by atoms with Crippen LogP contribution in [0, 0.1) is 5.92 Å². The average molecular weight is 320 g/mol. The van der Waals surface area contributed by atoms with Gasteiger partial charge in [0.1, 0.15) is 0 Å². The molecule has 1 fully saturated rings. The third-order valence-electron chi connectivity index (χ3n) is 2.88. The maximum Gasteiger partial charge on any atom is 0.0595 e. The first kappa shape index (κ1) is 13.2. The van der Waals surface area contributed by atoms with Crippen LogP contribution in [0.15, 0.2) is 11.6 Å². The Morgan fingerprint density at radius 3 is 2.50 bits per heavy atom. The van der Waals surface area contributed by atoms with Crippen molar-refractivity contribution in [2.24, 2.45) is 5.92 Å². The van der Waals surface area contributed by atoms with Crippen LogP contribution in [0.3, 0.4) is 0 Å². The monoisotopic (exact) mass is 318 g/mol. The fourth-order valence-corrected chi connectivity index (χ4v) is 3.89. The first-order valence-corrected chi connectivity index (χ1v) is 6.63. The van der Waals surface area contributed by atoms with E-state index in [-0.39, 0.29) is 14.6 Å². The minimum Gasteiger partial charge on any atom is -0.121 e. The summed E-state index contributed by atoms with van der Waals surface area (Å²) in [6, 6.07) is 0. The lowest BCUT2D eigenvalue weighted by Crippen LogP contribution is -2.47. The summed E-state index contributed by atoms with van der Waals surface area (Å²) >= 11 is 21.9. The predicted octanol–water partition coefficient (Wildman–Crippen LogP) is 4.91. The zero-order valence-electron chi connectivity index (χ0n) is 8.24. The molecule has 0 saturated heterocycles.